The maximum Gasteiger partial charge on any atom is 0.262 e. The number of thiophene rings is 1. The predicted octanol–water partition coefficient (Wildman–Crippen LogP) is 2.40. The molecule has 2 N–H and O–H groups in total. The van der Waals surface area contributed by atoms with E-state index in [-0.39, 0.29) is 18.6 Å². The Morgan fingerprint density at radius 3 is 2.94 bits per heavy atom. The van der Waals surface area contributed by atoms with Crippen molar-refractivity contribution >= 4 is 17.2 Å². The van der Waals surface area contributed by atoms with Crippen molar-refractivity contribution in [1.82, 2.24) is 5.32 Å². The second kappa shape index (κ2) is 7.91. The van der Waals surface area contributed by atoms with E-state index in [4.69, 9.17) is 5.11 Å². The third-order valence-corrected chi connectivity index (χ3v) is 3.55. The summed E-state index contributed by atoms with van der Waals surface area (Å²) in [4.78, 5) is 12.7. The number of rotatable bonds is 5. The van der Waals surface area contributed by atoms with Crippen LogP contribution in [0.25, 0.3) is 0 Å². The largest absolute Gasteiger partial charge is 0.384 e. The molecule has 0 fully saturated rings. The maximum absolute atomic E-state index is 12.1. The van der Waals surface area contributed by atoms with Crippen molar-refractivity contribution in [2.75, 3.05) is 6.61 Å². The van der Waals surface area contributed by atoms with Gasteiger partial charge in [0, 0.05) is 11.6 Å². The zero-order chi connectivity index (χ0) is 13.4. The second-order valence-corrected chi connectivity index (χ2v) is 4.91. The zero-order valence-corrected chi connectivity index (χ0v) is 11.6. The van der Waals surface area contributed by atoms with Crippen LogP contribution in [0.3, 0.4) is 0 Å². The Kier molecular flexibility index (Phi) is 6.48. The lowest BCUT2D eigenvalue weighted by Crippen LogP contribution is -2.34. The molecule has 1 aromatic rings. The number of amides is 1. The summed E-state index contributed by atoms with van der Waals surface area (Å²) in [7, 11) is 0. The Morgan fingerprint density at radius 2 is 2.33 bits per heavy atom. The van der Waals surface area contributed by atoms with Crippen LogP contribution in [0.15, 0.2) is 11.4 Å². The quantitative estimate of drug-likeness (QED) is 0.803. The molecule has 0 aliphatic carbocycles. The van der Waals surface area contributed by atoms with E-state index in [1.54, 1.807) is 0 Å². The first-order chi connectivity index (χ1) is 8.72. The molecule has 1 amide bonds. The van der Waals surface area contributed by atoms with Gasteiger partial charge >= 0.3 is 0 Å². The lowest BCUT2D eigenvalue weighted by atomic mass is 10.1. The normalized spacial score (nSPS) is 11.5. The second-order valence-electron chi connectivity index (χ2n) is 3.99. The molecule has 1 rings (SSSR count). The van der Waals surface area contributed by atoms with Crippen LogP contribution < -0.4 is 5.32 Å². The number of nitrogens with one attached hydrogen (secondary N) is 1. The molecule has 0 saturated heterocycles. The third kappa shape index (κ3) is 4.17. The molecule has 98 valence electrons. The summed E-state index contributed by atoms with van der Waals surface area (Å²) in [5, 5.41) is 13.5. The van der Waals surface area contributed by atoms with Crippen molar-refractivity contribution in [2.24, 2.45) is 0 Å². The van der Waals surface area contributed by atoms with Crippen LogP contribution in [-0.4, -0.2) is 23.7 Å². The van der Waals surface area contributed by atoms with Gasteiger partial charge in [-0.05, 0) is 24.3 Å². The van der Waals surface area contributed by atoms with E-state index in [0.717, 1.165) is 19.3 Å². The molecule has 1 aromatic heterocycles. The van der Waals surface area contributed by atoms with Crippen LogP contribution in [0.5, 0.6) is 0 Å². The fourth-order valence-electron chi connectivity index (χ4n) is 1.70. The highest BCUT2D eigenvalue weighted by Crippen LogP contribution is 2.16. The molecule has 0 radical (unpaired) electrons. The number of aliphatic hydroxyl groups is 1. The van der Waals surface area contributed by atoms with Crippen molar-refractivity contribution in [2.45, 2.75) is 39.2 Å². The van der Waals surface area contributed by atoms with Gasteiger partial charge in [-0.1, -0.05) is 32.1 Å². The summed E-state index contributed by atoms with van der Waals surface area (Å²) in [6.07, 6.45) is 2.98. The smallest absolute Gasteiger partial charge is 0.262 e. The summed E-state index contributed by atoms with van der Waals surface area (Å²) < 4.78 is 0. The fraction of sp³-hybridized carbons (Fsp3) is 0.500. The molecule has 4 heteroatoms. The molecule has 3 nitrogen and oxygen atoms in total. The van der Waals surface area contributed by atoms with E-state index >= 15 is 0 Å². The van der Waals surface area contributed by atoms with Crippen LogP contribution in [0, 0.1) is 11.8 Å². The highest BCUT2D eigenvalue weighted by Gasteiger charge is 2.15. The monoisotopic (exact) mass is 265 g/mol. The molecule has 0 bridgehead atoms. The van der Waals surface area contributed by atoms with Crippen molar-refractivity contribution in [1.29, 1.82) is 0 Å². The van der Waals surface area contributed by atoms with Gasteiger partial charge in [-0.3, -0.25) is 4.79 Å². The number of carbonyl (C=O) groups is 1. The molecule has 0 aliphatic rings. The van der Waals surface area contributed by atoms with Crippen LogP contribution in [-0.2, 0) is 0 Å². The summed E-state index contributed by atoms with van der Waals surface area (Å²) in [6.45, 7) is 3.99. The van der Waals surface area contributed by atoms with Crippen LogP contribution in [0.2, 0.25) is 0 Å². The SMILES string of the molecule is CCCC(CC)NC(=O)c1sccc1C#CCO. The molecule has 0 aromatic carbocycles. The minimum Gasteiger partial charge on any atom is -0.384 e. The van der Waals surface area contributed by atoms with Gasteiger partial charge in [-0.25, -0.2) is 0 Å². The van der Waals surface area contributed by atoms with Crippen LogP contribution in [0.4, 0.5) is 0 Å². The molecular weight excluding hydrogens is 246 g/mol. The molecule has 18 heavy (non-hydrogen) atoms. The number of hydrogen-bond acceptors (Lipinski definition) is 3. The lowest BCUT2D eigenvalue weighted by molar-refractivity contribution is 0.0937. The van der Waals surface area contributed by atoms with Crippen molar-refractivity contribution < 1.29 is 9.90 Å². The van der Waals surface area contributed by atoms with Gasteiger partial charge in [0.15, 0.2) is 0 Å². The Morgan fingerprint density at radius 1 is 1.56 bits per heavy atom. The first-order valence-corrected chi connectivity index (χ1v) is 7.08. The highest BCUT2D eigenvalue weighted by atomic mass is 32.1. The zero-order valence-electron chi connectivity index (χ0n) is 10.8. The Hall–Kier alpha value is -1.31. The van der Waals surface area contributed by atoms with E-state index in [2.05, 4.69) is 31.0 Å². The number of carbonyl (C=O) groups excluding carboxylic acids is 1. The molecule has 0 spiro atoms. The Labute approximate surface area is 112 Å². The summed E-state index contributed by atoms with van der Waals surface area (Å²) in [6, 6.07) is 2.03. The predicted molar refractivity (Wildman–Crippen MR) is 74.7 cm³/mol. The Balaban J connectivity index is 2.74. The molecular formula is C14H19NO2S. The average molecular weight is 265 g/mol. The topological polar surface area (TPSA) is 49.3 Å². The summed E-state index contributed by atoms with van der Waals surface area (Å²) >= 11 is 1.38. The van der Waals surface area contributed by atoms with Crippen LogP contribution >= 0.6 is 11.3 Å². The first kappa shape index (κ1) is 14.7. The summed E-state index contributed by atoms with van der Waals surface area (Å²) in [5.74, 6) is 5.30. The van der Waals surface area contributed by atoms with Gasteiger partial charge < -0.3 is 10.4 Å². The Bertz CT molecular complexity index is 442. The lowest BCUT2D eigenvalue weighted by Gasteiger charge is -2.15. The highest BCUT2D eigenvalue weighted by molar-refractivity contribution is 7.12. The van der Waals surface area contributed by atoms with E-state index < -0.39 is 0 Å². The van der Waals surface area contributed by atoms with E-state index in [0.29, 0.717) is 10.4 Å². The van der Waals surface area contributed by atoms with Crippen molar-refractivity contribution in [3.05, 3.63) is 21.9 Å². The molecule has 0 aliphatic heterocycles. The van der Waals surface area contributed by atoms with Gasteiger partial charge in [0.2, 0.25) is 0 Å². The van der Waals surface area contributed by atoms with Gasteiger partial charge in [-0.2, -0.15) is 0 Å². The molecule has 1 unspecified atom stereocenters. The first-order valence-electron chi connectivity index (χ1n) is 6.21. The third-order valence-electron chi connectivity index (χ3n) is 2.64. The standard InChI is InChI=1S/C14H19NO2S/c1-3-6-12(4-2)15-14(17)13-11(7-5-9-16)8-10-18-13/h8,10,12,16H,3-4,6,9H2,1-2H3,(H,15,17). The van der Waals surface area contributed by atoms with Gasteiger partial charge in [0.25, 0.3) is 5.91 Å². The molecule has 1 heterocycles. The van der Waals surface area contributed by atoms with E-state index in [9.17, 15) is 4.79 Å². The molecule has 0 saturated carbocycles. The van der Waals surface area contributed by atoms with Gasteiger partial charge in [-0.15, -0.1) is 11.3 Å². The summed E-state index contributed by atoms with van der Waals surface area (Å²) in [5.41, 5.74) is 0.693. The fourth-order valence-corrected chi connectivity index (χ4v) is 2.45. The molecule has 1 atom stereocenters. The number of aliphatic hydroxyl groups excluding tert-OH is 1. The maximum atomic E-state index is 12.1. The number of hydrogen-bond donors (Lipinski definition) is 2. The minimum absolute atomic E-state index is 0.0625. The van der Waals surface area contributed by atoms with Crippen LogP contribution in [0.1, 0.15) is 48.3 Å². The van der Waals surface area contributed by atoms with Crippen molar-refractivity contribution in [3.8, 4) is 11.8 Å². The average Bonchev–Trinajstić information content (AvgIpc) is 2.84. The van der Waals surface area contributed by atoms with Gasteiger partial charge in [0.05, 0.1) is 0 Å². The van der Waals surface area contributed by atoms with Gasteiger partial charge in [0.1, 0.15) is 11.5 Å². The van der Waals surface area contributed by atoms with E-state index in [1.165, 1.54) is 11.3 Å². The minimum atomic E-state index is -0.190. The van der Waals surface area contributed by atoms with E-state index in [1.807, 2.05) is 11.4 Å². The van der Waals surface area contributed by atoms with Crippen molar-refractivity contribution in [3.63, 3.8) is 0 Å².